The fourth-order valence-corrected chi connectivity index (χ4v) is 0.995. The van der Waals surface area contributed by atoms with Crippen molar-refractivity contribution < 1.29 is 1.43 Å². The number of fused-ring (bicyclic) bond motifs is 1. The van der Waals surface area contributed by atoms with Crippen LogP contribution in [0.2, 0.25) is 0 Å². The molecule has 0 aliphatic carbocycles. The number of hydrogen-bond acceptors (Lipinski definition) is 0. The highest BCUT2D eigenvalue weighted by Crippen LogP contribution is 2.10. The predicted octanol–water partition coefficient (Wildman–Crippen LogP) is 3.12. The molecule has 0 aliphatic heterocycles. The number of nitrogens with one attached hydrogen (secondary N) is 1. The van der Waals surface area contributed by atoms with Crippen molar-refractivity contribution in [2.75, 3.05) is 0 Å². The fourth-order valence-electron chi connectivity index (χ4n) is 0.995. The van der Waals surface area contributed by atoms with E-state index in [1.807, 2.05) is 24.5 Å². The van der Waals surface area contributed by atoms with Gasteiger partial charge in [-0.3, -0.25) is 0 Å². The van der Waals surface area contributed by atoms with Crippen molar-refractivity contribution in [2.45, 2.75) is 0 Å². The average molecular weight is 191 g/mol. The molecule has 0 fully saturated rings. The number of aromatic amines is 1. The number of benzene rings is 1. The molecule has 0 amide bonds. The van der Waals surface area contributed by atoms with Crippen LogP contribution in [-0.2, 0) is 0 Å². The van der Waals surface area contributed by atoms with Gasteiger partial charge in [-0.1, -0.05) is 24.3 Å². The van der Waals surface area contributed by atoms with Crippen LogP contribution in [0.5, 0.6) is 0 Å². The Bertz CT molecular complexity index is 291. The van der Waals surface area contributed by atoms with Crippen molar-refractivity contribution in [1.29, 1.82) is 0 Å². The van der Waals surface area contributed by atoms with E-state index in [2.05, 4.69) is 17.1 Å². The molecule has 0 atom stereocenters. The summed E-state index contributed by atoms with van der Waals surface area (Å²) in [6, 6.07) is 8.25. The quantitative estimate of drug-likeness (QED) is 0.658. The highest BCUT2D eigenvalue weighted by molar-refractivity contribution is 5.85. The summed E-state index contributed by atoms with van der Waals surface area (Å²) in [7, 11) is 0. The molecule has 60 valence electrons. The van der Waals surface area contributed by atoms with Crippen LogP contribution in [0.15, 0.2) is 36.7 Å². The van der Waals surface area contributed by atoms with E-state index in [1.165, 1.54) is 10.8 Å². The molecular weight excluding hydrogens is 181 g/mol. The molecule has 0 saturated heterocycles. The number of hydrogen-bond donors (Lipinski definition) is 1. The molecule has 0 spiro atoms. The first-order valence-electron chi connectivity index (χ1n) is 2.98. The molecule has 0 unspecified atom stereocenters. The lowest BCUT2D eigenvalue weighted by Gasteiger charge is -1.81. The van der Waals surface area contributed by atoms with Gasteiger partial charge in [-0.05, 0) is 10.8 Å². The van der Waals surface area contributed by atoms with Crippen LogP contribution in [0.25, 0.3) is 10.8 Å². The Hall–Kier alpha value is -0.660. The topological polar surface area (TPSA) is 15.8 Å². The zero-order chi connectivity index (χ0) is 6.10. The second-order valence-corrected chi connectivity index (χ2v) is 2.08. The van der Waals surface area contributed by atoms with Crippen LogP contribution in [0, 0.1) is 0 Å². The molecule has 1 nitrogen and oxygen atoms in total. The van der Waals surface area contributed by atoms with Crippen LogP contribution in [0.4, 0.5) is 0 Å². The van der Waals surface area contributed by atoms with E-state index in [9.17, 15) is 0 Å². The minimum absolute atomic E-state index is 0. The van der Waals surface area contributed by atoms with Crippen LogP contribution in [-0.4, -0.2) is 4.98 Å². The summed E-state index contributed by atoms with van der Waals surface area (Å²) in [5.41, 5.74) is 0. The second-order valence-electron chi connectivity index (χ2n) is 2.08. The van der Waals surface area contributed by atoms with Gasteiger partial charge in [-0.15, -0.1) is 24.8 Å². The lowest BCUT2D eigenvalue weighted by Crippen LogP contribution is -1.57. The van der Waals surface area contributed by atoms with Gasteiger partial charge in [0.25, 0.3) is 0 Å². The van der Waals surface area contributed by atoms with Crippen molar-refractivity contribution in [2.24, 2.45) is 0 Å². The molecule has 0 saturated carbocycles. The normalized spacial score (nSPS) is 8.36. The first-order valence-corrected chi connectivity index (χ1v) is 2.98. The van der Waals surface area contributed by atoms with Gasteiger partial charge in [-0.2, -0.15) is 0 Å². The summed E-state index contributed by atoms with van der Waals surface area (Å²) >= 11 is 0. The summed E-state index contributed by atoms with van der Waals surface area (Å²) in [6.45, 7) is 0. The van der Waals surface area contributed by atoms with E-state index in [0.717, 1.165) is 0 Å². The maximum Gasteiger partial charge on any atom is 1.00 e. The summed E-state index contributed by atoms with van der Waals surface area (Å²) in [6.07, 6.45) is 3.99. The molecule has 0 aliphatic rings. The van der Waals surface area contributed by atoms with Crippen molar-refractivity contribution in [3.8, 4) is 0 Å². The standard InChI is InChI=1S/C8H7N.2ClH/c1-2-4-8-6-9-5-7(8)3-1;;/h1-6,9H;2*1H/p+1. The molecule has 0 radical (unpaired) electrons. The van der Waals surface area contributed by atoms with Gasteiger partial charge in [-0.25, -0.2) is 0 Å². The molecule has 1 aromatic carbocycles. The Labute approximate surface area is 79.1 Å². The van der Waals surface area contributed by atoms with Crippen LogP contribution >= 0.6 is 24.8 Å². The Kier molecular flexibility index (Phi) is 4.01. The maximum absolute atomic E-state index is 3.04. The fraction of sp³-hybridized carbons (Fsp3) is 0. The Balaban J connectivity index is 0. The zero-order valence-corrected chi connectivity index (χ0v) is 7.41. The van der Waals surface area contributed by atoms with Gasteiger partial charge >= 0.3 is 1.43 Å². The zero-order valence-electron chi connectivity index (χ0n) is 6.78. The number of halogens is 2. The number of aromatic nitrogens is 1. The average Bonchev–Trinajstić information content (AvgIpc) is 2.33. The smallest absolute Gasteiger partial charge is 0.366 e. The largest absolute Gasteiger partial charge is 1.00 e. The van der Waals surface area contributed by atoms with E-state index >= 15 is 0 Å². The van der Waals surface area contributed by atoms with E-state index in [0.29, 0.717) is 0 Å². The summed E-state index contributed by atoms with van der Waals surface area (Å²) in [5.74, 6) is 0. The van der Waals surface area contributed by atoms with E-state index in [-0.39, 0.29) is 26.2 Å². The lowest BCUT2D eigenvalue weighted by molar-refractivity contribution is 1.43. The van der Waals surface area contributed by atoms with E-state index in [4.69, 9.17) is 0 Å². The number of rotatable bonds is 0. The minimum atomic E-state index is 0. The Morgan fingerprint density at radius 2 is 1.36 bits per heavy atom. The molecule has 11 heavy (non-hydrogen) atoms. The maximum atomic E-state index is 3.04. The highest BCUT2D eigenvalue weighted by Gasteiger charge is 1.86. The molecular formula is C8H10Cl2N+. The molecule has 3 heteroatoms. The third-order valence-electron chi connectivity index (χ3n) is 1.47. The third-order valence-corrected chi connectivity index (χ3v) is 1.47. The van der Waals surface area contributed by atoms with Crippen LogP contribution in [0.3, 0.4) is 0 Å². The summed E-state index contributed by atoms with van der Waals surface area (Å²) in [4.78, 5) is 3.04. The van der Waals surface area contributed by atoms with Gasteiger partial charge in [0.05, 0.1) is 0 Å². The van der Waals surface area contributed by atoms with Crippen molar-refractivity contribution >= 4 is 35.6 Å². The van der Waals surface area contributed by atoms with Gasteiger partial charge < -0.3 is 4.98 Å². The monoisotopic (exact) mass is 190 g/mol. The Morgan fingerprint density at radius 3 is 1.82 bits per heavy atom. The van der Waals surface area contributed by atoms with E-state index < -0.39 is 0 Å². The SMILES string of the molecule is Cl.Cl.[H+].c1ccc2c[nH]cc2c1. The van der Waals surface area contributed by atoms with Crippen LogP contribution in [0.1, 0.15) is 1.43 Å². The summed E-state index contributed by atoms with van der Waals surface area (Å²) in [5, 5.41) is 2.55. The summed E-state index contributed by atoms with van der Waals surface area (Å²) < 4.78 is 0. The minimum Gasteiger partial charge on any atom is -0.366 e. The predicted molar refractivity (Wildman–Crippen MR) is 53.9 cm³/mol. The molecule has 1 N–H and O–H groups in total. The first-order chi connectivity index (χ1) is 4.47. The van der Waals surface area contributed by atoms with Gasteiger partial charge in [0.2, 0.25) is 0 Å². The molecule has 0 bridgehead atoms. The molecule has 2 aromatic rings. The van der Waals surface area contributed by atoms with Gasteiger partial charge in [0.1, 0.15) is 0 Å². The lowest BCUT2D eigenvalue weighted by atomic mass is 10.2. The molecule has 1 heterocycles. The van der Waals surface area contributed by atoms with Crippen LogP contribution < -0.4 is 0 Å². The number of H-pyrrole nitrogens is 1. The highest BCUT2D eigenvalue weighted by atomic mass is 35.5. The first kappa shape index (κ1) is 10.3. The molecule has 1 aromatic heterocycles. The van der Waals surface area contributed by atoms with Crippen molar-refractivity contribution in [3.05, 3.63) is 36.7 Å². The van der Waals surface area contributed by atoms with E-state index in [1.54, 1.807) is 0 Å². The van der Waals surface area contributed by atoms with Crippen molar-refractivity contribution in [1.82, 2.24) is 4.98 Å². The second kappa shape index (κ2) is 4.27. The Morgan fingerprint density at radius 1 is 0.909 bits per heavy atom. The van der Waals surface area contributed by atoms with Gasteiger partial charge in [0, 0.05) is 12.4 Å². The molecule has 2 rings (SSSR count). The van der Waals surface area contributed by atoms with Crippen molar-refractivity contribution in [3.63, 3.8) is 0 Å². The van der Waals surface area contributed by atoms with Gasteiger partial charge in [0.15, 0.2) is 0 Å². The third kappa shape index (κ3) is 1.88.